The van der Waals surface area contributed by atoms with Crippen LogP contribution in [0.4, 0.5) is 0 Å². The van der Waals surface area contributed by atoms with Crippen molar-refractivity contribution in [1.82, 2.24) is 5.32 Å². The van der Waals surface area contributed by atoms with E-state index in [1.54, 1.807) is 14.0 Å². The summed E-state index contributed by atoms with van der Waals surface area (Å²) in [6.07, 6.45) is 2.61. The standard InChI is InChI=1S/C15H23NO2S/c1-12-8-4-5-9-13(12)19-11-7-6-10-15(2,16-3)14(17)18/h4-5,8-9,16H,6-7,10-11H2,1-3H3,(H,17,18). The molecule has 106 valence electrons. The van der Waals surface area contributed by atoms with Crippen LogP contribution in [0, 0.1) is 6.92 Å². The van der Waals surface area contributed by atoms with Gasteiger partial charge in [0.2, 0.25) is 0 Å². The van der Waals surface area contributed by atoms with Gasteiger partial charge in [0.1, 0.15) is 5.54 Å². The molecule has 3 nitrogen and oxygen atoms in total. The lowest BCUT2D eigenvalue weighted by Crippen LogP contribution is -2.47. The fourth-order valence-corrected chi connectivity index (χ4v) is 2.86. The van der Waals surface area contributed by atoms with E-state index in [-0.39, 0.29) is 0 Å². The summed E-state index contributed by atoms with van der Waals surface area (Å²) in [5, 5.41) is 12.0. The molecule has 19 heavy (non-hydrogen) atoms. The molecular formula is C15H23NO2S. The number of aliphatic carboxylic acids is 1. The summed E-state index contributed by atoms with van der Waals surface area (Å²) < 4.78 is 0. The van der Waals surface area contributed by atoms with Crippen molar-refractivity contribution >= 4 is 17.7 Å². The molecule has 0 aliphatic rings. The first-order valence-corrected chi connectivity index (χ1v) is 7.59. The number of hydrogen-bond acceptors (Lipinski definition) is 3. The van der Waals surface area contributed by atoms with Gasteiger partial charge in [-0.1, -0.05) is 24.6 Å². The highest BCUT2D eigenvalue weighted by Crippen LogP contribution is 2.24. The van der Waals surface area contributed by atoms with Gasteiger partial charge < -0.3 is 10.4 Å². The van der Waals surface area contributed by atoms with Crippen LogP contribution in [0.2, 0.25) is 0 Å². The first-order valence-electron chi connectivity index (χ1n) is 6.60. The Morgan fingerprint density at radius 3 is 2.63 bits per heavy atom. The topological polar surface area (TPSA) is 49.3 Å². The maximum Gasteiger partial charge on any atom is 0.323 e. The minimum Gasteiger partial charge on any atom is -0.480 e. The van der Waals surface area contributed by atoms with E-state index in [1.807, 2.05) is 17.8 Å². The summed E-state index contributed by atoms with van der Waals surface area (Å²) in [6, 6.07) is 8.35. The van der Waals surface area contributed by atoms with Crippen LogP contribution in [0.25, 0.3) is 0 Å². The summed E-state index contributed by atoms with van der Waals surface area (Å²) >= 11 is 1.85. The molecule has 1 rings (SSSR count). The highest BCUT2D eigenvalue weighted by Gasteiger charge is 2.29. The number of likely N-dealkylation sites (N-methyl/N-ethyl adjacent to an activating group) is 1. The van der Waals surface area contributed by atoms with Crippen LogP contribution in [0.3, 0.4) is 0 Å². The highest BCUT2D eigenvalue weighted by molar-refractivity contribution is 7.99. The maximum atomic E-state index is 11.1. The quantitative estimate of drug-likeness (QED) is 0.567. The summed E-state index contributed by atoms with van der Waals surface area (Å²) in [7, 11) is 1.70. The van der Waals surface area contributed by atoms with Gasteiger partial charge in [-0.05, 0) is 51.1 Å². The number of hydrogen-bond donors (Lipinski definition) is 2. The Balaban J connectivity index is 2.29. The van der Waals surface area contributed by atoms with Crippen molar-refractivity contribution < 1.29 is 9.90 Å². The molecule has 0 aliphatic heterocycles. The molecule has 1 aromatic rings. The molecule has 0 radical (unpaired) electrons. The van der Waals surface area contributed by atoms with Gasteiger partial charge in [-0.2, -0.15) is 0 Å². The number of carboxylic acid groups (broad SMARTS) is 1. The van der Waals surface area contributed by atoms with Crippen molar-refractivity contribution in [3.63, 3.8) is 0 Å². The van der Waals surface area contributed by atoms with Crippen molar-refractivity contribution in [3.8, 4) is 0 Å². The number of carboxylic acids is 1. The van der Waals surface area contributed by atoms with E-state index in [0.717, 1.165) is 18.6 Å². The van der Waals surface area contributed by atoms with Crippen LogP contribution >= 0.6 is 11.8 Å². The summed E-state index contributed by atoms with van der Waals surface area (Å²) in [4.78, 5) is 12.4. The molecule has 1 atom stereocenters. The minimum absolute atomic E-state index is 0.660. The predicted octanol–water partition coefficient (Wildman–Crippen LogP) is 3.32. The Morgan fingerprint density at radius 2 is 2.05 bits per heavy atom. The van der Waals surface area contributed by atoms with Crippen LogP contribution < -0.4 is 5.32 Å². The predicted molar refractivity (Wildman–Crippen MR) is 80.9 cm³/mol. The lowest BCUT2D eigenvalue weighted by atomic mass is 9.95. The zero-order valence-electron chi connectivity index (χ0n) is 11.9. The van der Waals surface area contributed by atoms with E-state index < -0.39 is 11.5 Å². The van der Waals surface area contributed by atoms with Crippen LogP contribution in [-0.2, 0) is 4.79 Å². The van der Waals surface area contributed by atoms with Gasteiger partial charge in [0, 0.05) is 4.90 Å². The van der Waals surface area contributed by atoms with E-state index in [9.17, 15) is 4.79 Å². The number of thioether (sulfide) groups is 1. The number of aryl methyl sites for hydroxylation is 1. The van der Waals surface area contributed by atoms with Crippen LogP contribution in [0.5, 0.6) is 0 Å². The highest BCUT2D eigenvalue weighted by atomic mass is 32.2. The molecule has 1 aromatic carbocycles. The SMILES string of the molecule is CNC(C)(CCCCSc1ccccc1C)C(=O)O. The van der Waals surface area contributed by atoms with E-state index in [2.05, 4.69) is 30.4 Å². The van der Waals surface area contributed by atoms with Crippen LogP contribution in [0.1, 0.15) is 31.7 Å². The molecule has 0 aromatic heterocycles. The van der Waals surface area contributed by atoms with Crippen molar-refractivity contribution in [1.29, 1.82) is 0 Å². The fraction of sp³-hybridized carbons (Fsp3) is 0.533. The summed E-state index contributed by atoms with van der Waals surface area (Å²) in [5.41, 5.74) is 0.506. The normalized spacial score (nSPS) is 14.1. The average molecular weight is 281 g/mol. The first-order chi connectivity index (χ1) is 8.99. The molecule has 1 unspecified atom stereocenters. The average Bonchev–Trinajstić information content (AvgIpc) is 2.39. The molecule has 0 aliphatic carbocycles. The molecule has 0 spiro atoms. The Hall–Kier alpha value is -1.00. The fourth-order valence-electron chi connectivity index (χ4n) is 1.82. The molecule has 2 N–H and O–H groups in total. The maximum absolute atomic E-state index is 11.1. The second-order valence-electron chi connectivity index (χ2n) is 4.96. The molecule has 0 heterocycles. The lowest BCUT2D eigenvalue weighted by molar-refractivity contribution is -0.144. The number of rotatable bonds is 8. The van der Waals surface area contributed by atoms with Crippen LogP contribution in [-0.4, -0.2) is 29.4 Å². The molecule has 0 bridgehead atoms. The Bertz CT molecular complexity index is 422. The summed E-state index contributed by atoms with van der Waals surface area (Å²) in [5.74, 6) is 0.256. The van der Waals surface area contributed by atoms with Gasteiger partial charge in [0.25, 0.3) is 0 Å². The van der Waals surface area contributed by atoms with E-state index in [4.69, 9.17) is 5.11 Å². The third-order valence-corrected chi connectivity index (χ3v) is 4.71. The van der Waals surface area contributed by atoms with Gasteiger partial charge in [0.05, 0.1) is 0 Å². The first kappa shape index (κ1) is 16.1. The minimum atomic E-state index is -0.798. The Morgan fingerprint density at radius 1 is 1.37 bits per heavy atom. The van der Waals surface area contributed by atoms with Crippen LogP contribution in [0.15, 0.2) is 29.2 Å². The monoisotopic (exact) mass is 281 g/mol. The number of unbranched alkanes of at least 4 members (excludes halogenated alkanes) is 1. The number of nitrogens with one attached hydrogen (secondary N) is 1. The van der Waals surface area contributed by atoms with Crippen molar-refractivity contribution in [2.45, 2.75) is 43.5 Å². The second kappa shape index (κ2) is 7.56. The van der Waals surface area contributed by atoms with Gasteiger partial charge in [0.15, 0.2) is 0 Å². The molecule has 4 heteroatoms. The Labute approximate surface area is 119 Å². The van der Waals surface area contributed by atoms with Crippen molar-refractivity contribution in [3.05, 3.63) is 29.8 Å². The van der Waals surface area contributed by atoms with Gasteiger partial charge in [-0.25, -0.2) is 0 Å². The third-order valence-electron chi connectivity index (χ3n) is 3.45. The lowest BCUT2D eigenvalue weighted by Gasteiger charge is -2.23. The molecule has 0 saturated heterocycles. The van der Waals surface area contributed by atoms with Crippen molar-refractivity contribution in [2.24, 2.45) is 0 Å². The third kappa shape index (κ3) is 4.88. The second-order valence-corrected chi connectivity index (χ2v) is 6.10. The van der Waals surface area contributed by atoms with Crippen molar-refractivity contribution in [2.75, 3.05) is 12.8 Å². The zero-order chi connectivity index (χ0) is 14.3. The van der Waals surface area contributed by atoms with E-state index in [1.165, 1.54) is 10.5 Å². The zero-order valence-corrected chi connectivity index (χ0v) is 12.7. The smallest absolute Gasteiger partial charge is 0.323 e. The number of carbonyl (C=O) groups is 1. The largest absolute Gasteiger partial charge is 0.480 e. The molecule has 0 amide bonds. The molecule has 0 saturated carbocycles. The Kier molecular flexibility index (Phi) is 6.38. The van der Waals surface area contributed by atoms with E-state index >= 15 is 0 Å². The van der Waals surface area contributed by atoms with E-state index in [0.29, 0.717) is 6.42 Å². The van der Waals surface area contributed by atoms with Gasteiger partial charge in [-0.3, -0.25) is 4.79 Å². The molecule has 0 fully saturated rings. The summed E-state index contributed by atoms with van der Waals surface area (Å²) in [6.45, 7) is 3.86. The number of benzene rings is 1. The van der Waals surface area contributed by atoms with Gasteiger partial charge in [-0.15, -0.1) is 11.8 Å². The molecular weight excluding hydrogens is 258 g/mol. The van der Waals surface area contributed by atoms with Gasteiger partial charge >= 0.3 is 5.97 Å².